The molecule has 0 atom stereocenters. The summed E-state index contributed by atoms with van der Waals surface area (Å²) in [6.45, 7) is 3.29. The summed E-state index contributed by atoms with van der Waals surface area (Å²) < 4.78 is 23.3. The number of hydrogen-bond donors (Lipinski definition) is 1. The summed E-state index contributed by atoms with van der Waals surface area (Å²) in [6.07, 6.45) is 0.639. The molecule has 18 heavy (non-hydrogen) atoms. The number of benzene rings is 1. The maximum Gasteiger partial charge on any atom is 0.150 e. The molecule has 1 aliphatic heterocycles. The number of nitrogens with one attached hydrogen (secondary N) is 1. The molecule has 0 amide bonds. The molecular weight excluding hydrogens is 270 g/mol. The molecule has 5 heteroatoms. The van der Waals surface area contributed by atoms with Gasteiger partial charge < -0.3 is 5.32 Å². The van der Waals surface area contributed by atoms with Gasteiger partial charge in [-0.3, -0.25) is 0 Å². The second kappa shape index (κ2) is 5.19. The van der Waals surface area contributed by atoms with Crippen molar-refractivity contribution >= 4 is 21.4 Å². The van der Waals surface area contributed by atoms with Crippen LogP contribution in [0.15, 0.2) is 24.3 Å². The van der Waals surface area contributed by atoms with E-state index >= 15 is 0 Å². The van der Waals surface area contributed by atoms with Crippen LogP contribution in [-0.4, -0.2) is 33.0 Å². The third-order valence-corrected chi connectivity index (χ3v) is 5.74. The first-order chi connectivity index (χ1) is 8.49. The van der Waals surface area contributed by atoms with E-state index in [0.29, 0.717) is 6.42 Å². The van der Waals surface area contributed by atoms with Gasteiger partial charge >= 0.3 is 0 Å². The fourth-order valence-electron chi connectivity index (χ4n) is 2.32. The second-order valence-electron chi connectivity index (χ2n) is 4.85. The van der Waals surface area contributed by atoms with E-state index in [1.807, 2.05) is 24.3 Å². The highest BCUT2D eigenvalue weighted by atomic mass is 35.5. The lowest BCUT2D eigenvalue weighted by Gasteiger charge is -2.43. The Bertz CT molecular complexity index is 524. The second-order valence-corrected chi connectivity index (χ2v) is 7.73. The molecule has 1 aromatic carbocycles. The zero-order chi connectivity index (χ0) is 13.2. The van der Waals surface area contributed by atoms with Crippen molar-refractivity contribution < 1.29 is 8.42 Å². The van der Waals surface area contributed by atoms with Gasteiger partial charge in [0, 0.05) is 29.3 Å². The molecule has 1 aromatic rings. The zero-order valence-electron chi connectivity index (χ0n) is 10.4. The fourth-order valence-corrected chi connectivity index (χ4v) is 3.64. The summed E-state index contributed by atoms with van der Waals surface area (Å²) in [7, 11) is -2.92. The first-order valence-corrected chi connectivity index (χ1v) is 8.35. The van der Waals surface area contributed by atoms with Gasteiger partial charge in [-0.1, -0.05) is 36.7 Å². The highest BCUT2D eigenvalue weighted by Gasteiger charge is 2.40. The van der Waals surface area contributed by atoms with E-state index in [2.05, 4.69) is 5.32 Å². The van der Waals surface area contributed by atoms with Crippen LogP contribution in [0.5, 0.6) is 0 Å². The third-order valence-electron chi connectivity index (χ3n) is 3.70. The maximum absolute atomic E-state index is 11.6. The van der Waals surface area contributed by atoms with E-state index in [4.69, 9.17) is 11.6 Å². The molecule has 0 aromatic heterocycles. The Morgan fingerprint density at radius 2 is 2.00 bits per heavy atom. The maximum atomic E-state index is 11.6. The summed E-state index contributed by atoms with van der Waals surface area (Å²) in [5, 5.41) is 3.96. The number of hydrogen-bond acceptors (Lipinski definition) is 3. The van der Waals surface area contributed by atoms with E-state index in [1.165, 1.54) is 0 Å². The molecule has 1 N–H and O–H groups in total. The minimum atomic E-state index is -2.92. The molecule has 0 spiro atoms. The minimum absolute atomic E-state index is 0.111. The van der Waals surface area contributed by atoms with Gasteiger partial charge in [-0.25, -0.2) is 8.42 Å². The molecular formula is C13H18ClNO2S. The summed E-state index contributed by atoms with van der Waals surface area (Å²) in [4.78, 5) is 0. The highest BCUT2D eigenvalue weighted by Crippen LogP contribution is 2.36. The smallest absolute Gasteiger partial charge is 0.150 e. The number of rotatable bonds is 5. The largest absolute Gasteiger partial charge is 0.315 e. The Labute approximate surface area is 113 Å². The third kappa shape index (κ3) is 2.71. The van der Waals surface area contributed by atoms with Gasteiger partial charge in [-0.15, -0.1) is 0 Å². The summed E-state index contributed by atoms with van der Waals surface area (Å²) in [6, 6.07) is 7.72. The van der Waals surface area contributed by atoms with Gasteiger partial charge in [-0.2, -0.15) is 0 Å². The molecule has 3 nitrogen and oxygen atoms in total. The van der Waals surface area contributed by atoms with Crippen molar-refractivity contribution in [1.82, 2.24) is 5.32 Å². The molecule has 2 rings (SSSR count). The molecule has 100 valence electrons. The van der Waals surface area contributed by atoms with Crippen LogP contribution >= 0.6 is 11.6 Å². The van der Waals surface area contributed by atoms with E-state index < -0.39 is 9.84 Å². The number of sulfone groups is 1. The molecule has 1 aliphatic rings. The van der Waals surface area contributed by atoms with Crippen molar-refractivity contribution in [1.29, 1.82) is 0 Å². The lowest BCUT2D eigenvalue weighted by molar-refractivity contribution is 0.268. The SMILES string of the molecule is CCS(=O)(=O)CCC1(c2ccccc2Cl)CNC1. The van der Waals surface area contributed by atoms with Crippen LogP contribution in [0.4, 0.5) is 0 Å². The van der Waals surface area contributed by atoms with Crippen molar-refractivity contribution in [3.8, 4) is 0 Å². The lowest BCUT2D eigenvalue weighted by Crippen LogP contribution is -2.57. The monoisotopic (exact) mass is 287 g/mol. The van der Waals surface area contributed by atoms with Crippen LogP contribution < -0.4 is 5.32 Å². The summed E-state index contributed by atoms with van der Waals surface area (Å²) in [5.74, 6) is 0.440. The van der Waals surface area contributed by atoms with E-state index in [0.717, 1.165) is 23.7 Å². The molecule has 1 fully saturated rings. The highest BCUT2D eigenvalue weighted by molar-refractivity contribution is 7.91. The molecule has 1 saturated heterocycles. The topological polar surface area (TPSA) is 46.2 Å². The van der Waals surface area contributed by atoms with E-state index in [9.17, 15) is 8.42 Å². The number of halogens is 1. The standard InChI is InChI=1S/C13H18ClNO2S/c1-2-18(16,17)8-7-13(9-15-10-13)11-5-3-4-6-12(11)14/h3-6,15H,2,7-10H2,1H3. The Balaban J connectivity index is 2.20. The Hall–Kier alpha value is -0.580. The van der Waals surface area contributed by atoms with E-state index in [-0.39, 0.29) is 16.9 Å². The van der Waals surface area contributed by atoms with Crippen molar-refractivity contribution in [3.05, 3.63) is 34.9 Å². The van der Waals surface area contributed by atoms with Gasteiger partial charge in [-0.05, 0) is 18.1 Å². The van der Waals surface area contributed by atoms with Gasteiger partial charge in [0.25, 0.3) is 0 Å². The fraction of sp³-hybridized carbons (Fsp3) is 0.538. The normalized spacial score (nSPS) is 18.3. The van der Waals surface area contributed by atoms with Gasteiger partial charge in [0.05, 0.1) is 5.75 Å². The average molecular weight is 288 g/mol. The van der Waals surface area contributed by atoms with Crippen molar-refractivity contribution in [3.63, 3.8) is 0 Å². The first-order valence-electron chi connectivity index (χ1n) is 6.15. The lowest BCUT2D eigenvalue weighted by atomic mass is 9.73. The Kier molecular flexibility index (Phi) is 3.99. The quantitative estimate of drug-likeness (QED) is 0.901. The summed E-state index contributed by atoms with van der Waals surface area (Å²) in [5.41, 5.74) is 0.956. The molecule has 0 aliphatic carbocycles. The first kappa shape index (κ1) is 13.8. The predicted molar refractivity (Wildman–Crippen MR) is 74.9 cm³/mol. The molecule has 0 bridgehead atoms. The predicted octanol–water partition coefficient (Wildman–Crippen LogP) is 2.01. The summed E-state index contributed by atoms with van der Waals surface area (Å²) >= 11 is 6.23. The molecule has 0 unspecified atom stereocenters. The van der Waals surface area contributed by atoms with Gasteiger partial charge in [0.1, 0.15) is 9.84 Å². The van der Waals surface area contributed by atoms with Crippen LogP contribution in [0.2, 0.25) is 5.02 Å². The van der Waals surface area contributed by atoms with Crippen molar-refractivity contribution in [2.24, 2.45) is 0 Å². The average Bonchev–Trinajstić information content (AvgIpc) is 2.30. The van der Waals surface area contributed by atoms with Crippen LogP contribution in [0.1, 0.15) is 18.9 Å². The molecule has 0 radical (unpaired) electrons. The molecule has 0 saturated carbocycles. The minimum Gasteiger partial charge on any atom is -0.315 e. The Morgan fingerprint density at radius 1 is 1.33 bits per heavy atom. The van der Waals surface area contributed by atoms with Crippen molar-refractivity contribution in [2.45, 2.75) is 18.8 Å². The van der Waals surface area contributed by atoms with Crippen molar-refractivity contribution in [2.75, 3.05) is 24.6 Å². The van der Waals surface area contributed by atoms with Crippen LogP contribution in [0.25, 0.3) is 0 Å². The van der Waals surface area contributed by atoms with Crippen LogP contribution in [0, 0.1) is 0 Å². The van der Waals surface area contributed by atoms with Gasteiger partial charge in [0.15, 0.2) is 0 Å². The zero-order valence-corrected chi connectivity index (χ0v) is 12.0. The Morgan fingerprint density at radius 3 is 2.50 bits per heavy atom. The molecule has 1 heterocycles. The van der Waals surface area contributed by atoms with Gasteiger partial charge in [0.2, 0.25) is 0 Å². The van der Waals surface area contributed by atoms with E-state index in [1.54, 1.807) is 6.92 Å². The van der Waals surface area contributed by atoms with Crippen LogP contribution in [0.3, 0.4) is 0 Å². The van der Waals surface area contributed by atoms with Crippen LogP contribution in [-0.2, 0) is 15.3 Å².